The molecule has 7 heteroatoms. The van der Waals surface area contributed by atoms with Crippen molar-refractivity contribution in [2.45, 2.75) is 13.8 Å². The van der Waals surface area contributed by atoms with E-state index >= 15 is 0 Å². The van der Waals surface area contributed by atoms with Crippen LogP contribution < -0.4 is 10.1 Å². The van der Waals surface area contributed by atoms with E-state index < -0.39 is 0 Å². The van der Waals surface area contributed by atoms with Crippen molar-refractivity contribution in [2.24, 2.45) is 0 Å². The molecule has 0 aliphatic rings. The van der Waals surface area contributed by atoms with Crippen molar-refractivity contribution in [2.75, 3.05) is 26.0 Å². The molecule has 3 rings (SSSR count). The van der Waals surface area contributed by atoms with Crippen LogP contribution in [0.15, 0.2) is 54.6 Å². The first-order chi connectivity index (χ1) is 14.3. The first kappa shape index (κ1) is 21.5. The summed E-state index contributed by atoms with van der Waals surface area (Å²) in [4.78, 5) is 26.5. The summed E-state index contributed by atoms with van der Waals surface area (Å²) < 4.78 is 7.34. The molecule has 6 nitrogen and oxygen atoms in total. The fourth-order valence-corrected chi connectivity index (χ4v) is 3.48. The fourth-order valence-electron chi connectivity index (χ4n) is 3.30. The van der Waals surface area contributed by atoms with Crippen molar-refractivity contribution < 1.29 is 14.3 Å². The Hall–Kier alpha value is -3.25. The Balaban J connectivity index is 1.67. The third kappa shape index (κ3) is 4.66. The quantitative estimate of drug-likeness (QED) is 0.633. The third-order valence-electron chi connectivity index (χ3n) is 4.81. The minimum atomic E-state index is -0.346. The van der Waals surface area contributed by atoms with Gasteiger partial charge in [-0.3, -0.25) is 9.59 Å². The number of hydrogen-bond donors (Lipinski definition) is 1. The number of amides is 2. The topological polar surface area (TPSA) is 63.6 Å². The predicted molar refractivity (Wildman–Crippen MR) is 119 cm³/mol. The lowest BCUT2D eigenvalue weighted by Crippen LogP contribution is -2.35. The smallest absolute Gasteiger partial charge is 0.254 e. The van der Waals surface area contributed by atoms with Gasteiger partial charge in [-0.1, -0.05) is 11.6 Å². The zero-order valence-corrected chi connectivity index (χ0v) is 18.2. The van der Waals surface area contributed by atoms with Crippen LogP contribution in [0, 0.1) is 13.8 Å². The molecular formula is C23H24ClN3O3. The number of nitrogens with zero attached hydrogens (tertiary/aromatic N) is 2. The Morgan fingerprint density at radius 3 is 2.27 bits per heavy atom. The van der Waals surface area contributed by atoms with Gasteiger partial charge in [0.1, 0.15) is 5.75 Å². The van der Waals surface area contributed by atoms with E-state index in [1.165, 1.54) is 12.0 Å². The van der Waals surface area contributed by atoms with Crippen LogP contribution >= 0.6 is 11.6 Å². The largest absolute Gasteiger partial charge is 0.495 e. The van der Waals surface area contributed by atoms with Gasteiger partial charge >= 0.3 is 0 Å². The first-order valence-electron chi connectivity index (χ1n) is 9.44. The van der Waals surface area contributed by atoms with Gasteiger partial charge in [0.25, 0.3) is 5.91 Å². The number of aryl methyl sites for hydroxylation is 2. The second-order valence-electron chi connectivity index (χ2n) is 7.05. The van der Waals surface area contributed by atoms with Gasteiger partial charge in [-0.2, -0.15) is 0 Å². The molecule has 0 aliphatic carbocycles. The highest BCUT2D eigenvalue weighted by atomic mass is 35.5. The van der Waals surface area contributed by atoms with Gasteiger partial charge < -0.3 is 19.5 Å². The van der Waals surface area contributed by atoms with Gasteiger partial charge in [0.2, 0.25) is 5.91 Å². The number of likely N-dealkylation sites (N-methyl/N-ethyl adjacent to an activating group) is 1. The summed E-state index contributed by atoms with van der Waals surface area (Å²) in [7, 11) is 3.10. The Kier molecular flexibility index (Phi) is 6.47. The zero-order chi connectivity index (χ0) is 21.8. The predicted octanol–water partition coefficient (Wildman–Crippen LogP) is 4.47. The molecule has 1 N–H and O–H groups in total. The molecular weight excluding hydrogens is 402 g/mol. The average molecular weight is 426 g/mol. The fraction of sp³-hybridized carbons (Fsp3) is 0.217. The normalized spacial score (nSPS) is 10.6. The van der Waals surface area contributed by atoms with E-state index in [-0.39, 0.29) is 18.4 Å². The van der Waals surface area contributed by atoms with Crippen molar-refractivity contribution in [3.8, 4) is 11.4 Å². The number of benzene rings is 2. The van der Waals surface area contributed by atoms with Gasteiger partial charge in [0.05, 0.1) is 19.3 Å². The maximum absolute atomic E-state index is 12.7. The zero-order valence-electron chi connectivity index (χ0n) is 17.4. The number of aromatic nitrogens is 1. The molecule has 0 atom stereocenters. The Labute approximate surface area is 181 Å². The summed E-state index contributed by atoms with van der Waals surface area (Å²) in [6, 6.07) is 16.4. The van der Waals surface area contributed by atoms with E-state index in [9.17, 15) is 9.59 Å². The number of nitrogens with one attached hydrogen (secondary N) is 1. The van der Waals surface area contributed by atoms with Gasteiger partial charge in [0, 0.05) is 34.7 Å². The second-order valence-corrected chi connectivity index (χ2v) is 7.49. The maximum atomic E-state index is 12.7. The number of methoxy groups -OCH3 is 1. The molecule has 2 amide bonds. The molecule has 0 unspecified atom stereocenters. The van der Waals surface area contributed by atoms with E-state index in [1.807, 2.05) is 26.0 Å². The van der Waals surface area contributed by atoms with E-state index in [0.717, 1.165) is 17.1 Å². The molecule has 156 valence electrons. The monoisotopic (exact) mass is 425 g/mol. The number of carbonyl (C=O) groups excluding carboxylic acids is 2. The molecule has 0 radical (unpaired) electrons. The molecule has 30 heavy (non-hydrogen) atoms. The Morgan fingerprint density at radius 1 is 1.03 bits per heavy atom. The molecule has 0 bridgehead atoms. The van der Waals surface area contributed by atoms with Gasteiger partial charge in [0.15, 0.2) is 0 Å². The summed E-state index contributed by atoms with van der Waals surface area (Å²) in [6.45, 7) is 3.97. The second kappa shape index (κ2) is 9.05. The lowest BCUT2D eigenvalue weighted by atomic mass is 10.1. The van der Waals surface area contributed by atoms with Crippen LogP contribution in [0.25, 0.3) is 5.69 Å². The van der Waals surface area contributed by atoms with Crippen molar-refractivity contribution in [1.29, 1.82) is 0 Å². The molecule has 0 aliphatic heterocycles. The summed E-state index contributed by atoms with van der Waals surface area (Å²) in [5.41, 5.74) is 4.20. The number of halogens is 1. The van der Waals surface area contributed by atoms with E-state index in [0.29, 0.717) is 22.0 Å². The van der Waals surface area contributed by atoms with Crippen molar-refractivity contribution >= 4 is 29.1 Å². The molecule has 2 aromatic carbocycles. The van der Waals surface area contributed by atoms with Crippen LogP contribution in [-0.4, -0.2) is 42.0 Å². The van der Waals surface area contributed by atoms with Crippen LogP contribution in [-0.2, 0) is 4.79 Å². The molecule has 0 saturated heterocycles. The highest BCUT2D eigenvalue weighted by Gasteiger charge is 2.17. The number of carbonyl (C=O) groups is 2. The SMILES string of the molecule is COc1ccc(Cl)cc1NC(=O)CN(C)C(=O)c1ccc(-n2c(C)ccc2C)cc1. The molecule has 3 aromatic rings. The van der Waals surface area contributed by atoms with Crippen LogP contribution in [0.5, 0.6) is 5.75 Å². The van der Waals surface area contributed by atoms with Crippen molar-refractivity contribution in [3.63, 3.8) is 0 Å². The lowest BCUT2D eigenvalue weighted by Gasteiger charge is -2.18. The van der Waals surface area contributed by atoms with Crippen LogP contribution in [0.2, 0.25) is 5.02 Å². The standard InChI is InChI=1S/C23H24ClN3O3/c1-15-5-6-16(2)27(15)19-10-7-17(8-11-19)23(29)26(3)14-22(28)25-20-13-18(24)9-12-21(20)30-4/h5-13H,14H2,1-4H3,(H,25,28). The lowest BCUT2D eigenvalue weighted by molar-refractivity contribution is -0.116. The molecule has 0 saturated carbocycles. The van der Waals surface area contributed by atoms with Crippen molar-refractivity contribution in [1.82, 2.24) is 9.47 Å². The minimum Gasteiger partial charge on any atom is -0.495 e. The van der Waals surface area contributed by atoms with Gasteiger partial charge in [-0.15, -0.1) is 0 Å². The summed E-state index contributed by atoms with van der Waals surface area (Å²) in [6.07, 6.45) is 0. The van der Waals surface area contributed by atoms with Crippen LogP contribution in [0.1, 0.15) is 21.7 Å². The Bertz CT molecular complexity index is 1050. The summed E-state index contributed by atoms with van der Waals surface area (Å²) in [5, 5.41) is 3.21. The first-order valence-corrected chi connectivity index (χ1v) is 9.82. The van der Waals surface area contributed by atoms with E-state index in [1.54, 1.807) is 37.4 Å². The number of ether oxygens (including phenoxy) is 1. The number of rotatable bonds is 6. The highest BCUT2D eigenvalue weighted by Crippen LogP contribution is 2.27. The summed E-state index contributed by atoms with van der Waals surface area (Å²) >= 11 is 5.99. The Morgan fingerprint density at radius 2 is 1.67 bits per heavy atom. The van der Waals surface area contributed by atoms with Crippen molar-refractivity contribution in [3.05, 3.63) is 76.6 Å². The summed E-state index contributed by atoms with van der Waals surface area (Å²) in [5.74, 6) is -0.0924. The highest BCUT2D eigenvalue weighted by molar-refractivity contribution is 6.31. The third-order valence-corrected chi connectivity index (χ3v) is 5.04. The molecule has 1 heterocycles. The molecule has 1 aromatic heterocycles. The van der Waals surface area contributed by atoms with E-state index in [4.69, 9.17) is 16.3 Å². The molecule has 0 fully saturated rings. The minimum absolute atomic E-state index is 0.105. The molecule has 0 spiro atoms. The van der Waals surface area contributed by atoms with Crippen LogP contribution in [0.4, 0.5) is 5.69 Å². The van der Waals surface area contributed by atoms with Gasteiger partial charge in [-0.05, 0) is 68.4 Å². The maximum Gasteiger partial charge on any atom is 0.254 e. The average Bonchev–Trinajstić information content (AvgIpc) is 3.05. The van der Waals surface area contributed by atoms with Gasteiger partial charge in [-0.25, -0.2) is 0 Å². The number of anilines is 1. The number of hydrogen-bond acceptors (Lipinski definition) is 3. The van der Waals surface area contributed by atoms with Crippen LogP contribution in [0.3, 0.4) is 0 Å². The van der Waals surface area contributed by atoms with E-state index in [2.05, 4.69) is 22.0 Å².